The highest BCUT2D eigenvalue weighted by molar-refractivity contribution is 5.96. The Kier molecular flexibility index (Phi) is 5.99. The summed E-state index contributed by atoms with van der Waals surface area (Å²) in [5, 5.41) is 2.99. The number of para-hydroxylation sites is 1. The molecule has 1 amide bonds. The van der Waals surface area contributed by atoms with Gasteiger partial charge in [0.05, 0.1) is 12.0 Å². The first-order valence-electron chi connectivity index (χ1n) is 6.72. The Labute approximate surface area is 115 Å². The summed E-state index contributed by atoms with van der Waals surface area (Å²) in [5.41, 5.74) is 7.08. The first kappa shape index (κ1) is 15.7. The molecule has 0 saturated carbocycles. The Hall–Kier alpha value is -1.39. The predicted octanol–water partition coefficient (Wildman–Crippen LogP) is 2.54. The second-order valence-corrected chi connectivity index (χ2v) is 4.74. The van der Waals surface area contributed by atoms with E-state index < -0.39 is 5.41 Å². The zero-order valence-corrected chi connectivity index (χ0v) is 12.0. The van der Waals surface area contributed by atoms with Gasteiger partial charge in [-0.3, -0.25) is 4.79 Å². The molecule has 0 aliphatic carbocycles. The van der Waals surface area contributed by atoms with Crippen molar-refractivity contribution in [2.75, 3.05) is 19.0 Å². The van der Waals surface area contributed by atoms with Gasteiger partial charge in [0, 0.05) is 24.9 Å². The van der Waals surface area contributed by atoms with Crippen LogP contribution < -0.4 is 11.1 Å². The number of nitrogens with one attached hydrogen (secondary N) is 1. The summed E-state index contributed by atoms with van der Waals surface area (Å²) in [7, 11) is 1.64. The van der Waals surface area contributed by atoms with E-state index >= 15 is 0 Å². The van der Waals surface area contributed by atoms with Crippen LogP contribution in [0, 0.1) is 5.41 Å². The summed E-state index contributed by atoms with van der Waals surface area (Å²) in [5.74, 6) is -0.0106. The summed E-state index contributed by atoms with van der Waals surface area (Å²) >= 11 is 0. The molecule has 19 heavy (non-hydrogen) atoms. The molecule has 1 aromatic carbocycles. The maximum Gasteiger partial charge on any atom is 0.231 e. The van der Waals surface area contributed by atoms with Crippen LogP contribution in [-0.4, -0.2) is 19.6 Å². The number of carbonyl (C=O) groups excluding carboxylic acids is 1. The number of ether oxygens (including phenoxy) is 1. The minimum atomic E-state index is -0.486. The monoisotopic (exact) mass is 264 g/mol. The third-order valence-electron chi connectivity index (χ3n) is 3.79. The highest BCUT2D eigenvalue weighted by Crippen LogP contribution is 2.28. The Balaban J connectivity index is 2.92. The molecule has 0 fully saturated rings. The van der Waals surface area contributed by atoms with E-state index in [9.17, 15) is 4.79 Å². The number of amides is 1. The minimum absolute atomic E-state index is 0.0106. The highest BCUT2D eigenvalue weighted by atomic mass is 16.5. The van der Waals surface area contributed by atoms with E-state index in [4.69, 9.17) is 10.5 Å². The van der Waals surface area contributed by atoms with Crippen molar-refractivity contribution in [1.82, 2.24) is 0 Å². The topological polar surface area (TPSA) is 64.4 Å². The van der Waals surface area contributed by atoms with E-state index in [1.165, 1.54) is 0 Å². The zero-order valence-electron chi connectivity index (χ0n) is 12.0. The van der Waals surface area contributed by atoms with Crippen molar-refractivity contribution in [3.8, 4) is 0 Å². The lowest BCUT2D eigenvalue weighted by molar-refractivity contribution is -0.125. The average molecular weight is 264 g/mol. The van der Waals surface area contributed by atoms with Crippen LogP contribution in [0.25, 0.3) is 0 Å². The van der Waals surface area contributed by atoms with Gasteiger partial charge in [-0.1, -0.05) is 32.0 Å². The number of rotatable bonds is 7. The molecule has 4 nitrogen and oxygen atoms in total. The van der Waals surface area contributed by atoms with E-state index in [2.05, 4.69) is 5.32 Å². The second-order valence-electron chi connectivity index (χ2n) is 4.74. The van der Waals surface area contributed by atoms with Crippen LogP contribution >= 0.6 is 0 Å². The lowest BCUT2D eigenvalue weighted by atomic mass is 9.81. The fourth-order valence-electron chi connectivity index (χ4n) is 2.13. The first-order chi connectivity index (χ1) is 9.13. The summed E-state index contributed by atoms with van der Waals surface area (Å²) < 4.78 is 5.14. The van der Waals surface area contributed by atoms with Crippen LogP contribution in [-0.2, 0) is 16.1 Å². The smallest absolute Gasteiger partial charge is 0.231 e. The molecule has 0 radical (unpaired) electrons. The van der Waals surface area contributed by atoms with Gasteiger partial charge in [0.15, 0.2) is 0 Å². The van der Waals surface area contributed by atoms with E-state index in [1.54, 1.807) is 7.11 Å². The highest BCUT2D eigenvalue weighted by Gasteiger charge is 2.33. The quantitative estimate of drug-likeness (QED) is 0.795. The molecule has 0 bridgehead atoms. The van der Waals surface area contributed by atoms with Crippen LogP contribution in [0.2, 0.25) is 0 Å². The van der Waals surface area contributed by atoms with Crippen molar-refractivity contribution in [3.05, 3.63) is 29.8 Å². The zero-order chi connectivity index (χ0) is 14.3. The van der Waals surface area contributed by atoms with Crippen LogP contribution in [0.4, 0.5) is 5.69 Å². The van der Waals surface area contributed by atoms with Gasteiger partial charge >= 0.3 is 0 Å². The van der Waals surface area contributed by atoms with Gasteiger partial charge in [-0.25, -0.2) is 0 Å². The van der Waals surface area contributed by atoms with Crippen LogP contribution in [0.15, 0.2) is 24.3 Å². The van der Waals surface area contributed by atoms with Crippen molar-refractivity contribution >= 4 is 11.6 Å². The maximum atomic E-state index is 12.5. The minimum Gasteiger partial charge on any atom is -0.380 e. The number of hydrogen-bond acceptors (Lipinski definition) is 3. The fourth-order valence-corrected chi connectivity index (χ4v) is 2.13. The van der Waals surface area contributed by atoms with E-state index in [0.717, 1.165) is 24.1 Å². The van der Waals surface area contributed by atoms with Gasteiger partial charge in [-0.05, 0) is 18.9 Å². The van der Waals surface area contributed by atoms with Crippen molar-refractivity contribution in [2.45, 2.75) is 33.3 Å². The van der Waals surface area contributed by atoms with Crippen molar-refractivity contribution in [3.63, 3.8) is 0 Å². The Morgan fingerprint density at radius 2 is 1.95 bits per heavy atom. The standard InChI is InChI=1S/C15H24N2O2/c1-4-15(5-2,11-16)14(18)17-13-9-7-6-8-12(13)10-19-3/h6-9H,4-5,10-11,16H2,1-3H3,(H,17,18). The number of hydrogen-bond donors (Lipinski definition) is 2. The van der Waals surface area contributed by atoms with Crippen molar-refractivity contribution in [2.24, 2.45) is 11.1 Å². The molecular formula is C15H24N2O2. The number of methoxy groups -OCH3 is 1. The molecule has 0 spiro atoms. The van der Waals surface area contributed by atoms with E-state index in [0.29, 0.717) is 13.2 Å². The van der Waals surface area contributed by atoms with Crippen LogP contribution in [0.3, 0.4) is 0 Å². The number of anilines is 1. The Morgan fingerprint density at radius 3 is 2.47 bits per heavy atom. The average Bonchev–Trinajstić information content (AvgIpc) is 2.44. The molecule has 0 aliphatic heterocycles. The lowest BCUT2D eigenvalue weighted by Gasteiger charge is -2.29. The molecule has 0 atom stereocenters. The van der Waals surface area contributed by atoms with Crippen molar-refractivity contribution < 1.29 is 9.53 Å². The van der Waals surface area contributed by atoms with Gasteiger partial charge in [-0.2, -0.15) is 0 Å². The molecular weight excluding hydrogens is 240 g/mol. The third kappa shape index (κ3) is 3.55. The summed E-state index contributed by atoms with van der Waals surface area (Å²) in [6, 6.07) is 7.66. The molecule has 0 heterocycles. The number of benzene rings is 1. The third-order valence-corrected chi connectivity index (χ3v) is 3.79. The van der Waals surface area contributed by atoms with Crippen LogP contribution in [0.1, 0.15) is 32.3 Å². The Morgan fingerprint density at radius 1 is 1.32 bits per heavy atom. The Bertz CT molecular complexity index is 406. The van der Waals surface area contributed by atoms with Gasteiger partial charge < -0.3 is 15.8 Å². The van der Waals surface area contributed by atoms with Gasteiger partial charge in [0.2, 0.25) is 5.91 Å². The maximum absolute atomic E-state index is 12.5. The molecule has 1 aromatic rings. The predicted molar refractivity (Wildman–Crippen MR) is 77.9 cm³/mol. The summed E-state index contributed by atoms with van der Waals surface area (Å²) in [6.45, 7) is 4.83. The van der Waals surface area contributed by atoms with E-state index in [1.807, 2.05) is 38.1 Å². The SMILES string of the molecule is CCC(CC)(CN)C(=O)Nc1ccccc1COC. The largest absolute Gasteiger partial charge is 0.380 e. The molecule has 0 unspecified atom stereocenters. The summed E-state index contributed by atoms with van der Waals surface area (Å²) in [6.07, 6.45) is 1.47. The normalized spacial score (nSPS) is 11.4. The number of nitrogens with two attached hydrogens (primary N) is 1. The van der Waals surface area contributed by atoms with Gasteiger partial charge in [0.25, 0.3) is 0 Å². The summed E-state index contributed by atoms with van der Waals surface area (Å²) in [4.78, 5) is 12.5. The second kappa shape index (κ2) is 7.26. The van der Waals surface area contributed by atoms with Gasteiger partial charge in [0.1, 0.15) is 0 Å². The molecule has 0 saturated heterocycles. The van der Waals surface area contributed by atoms with Crippen molar-refractivity contribution in [1.29, 1.82) is 0 Å². The number of carbonyl (C=O) groups is 1. The first-order valence-corrected chi connectivity index (χ1v) is 6.72. The molecule has 1 rings (SSSR count). The molecule has 3 N–H and O–H groups in total. The molecule has 0 aromatic heterocycles. The van der Waals surface area contributed by atoms with Gasteiger partial charge in [-0.15, -0.1) is 0 Å². The van der Waals surface area contributed by atoms with E-state index in [-0.39, 0.29) is 5.91 Å². The molecule has 106 valence electrons. The van der Waals surface area contributed by atoms with Crippen LogP contribution in [0.5, 0.6) is 0 Å². The molecule has 0 aliphatic rings. The molecule has 4 heteroatoms. The lowest BCUT2D eigenvalue weighted by Crippen LogP contribution is -2.41. The fraction of sp³-hybridized carbons (Fsp3) is 0.533.